The van der Waals surface area contributed by atoms with Crippen LogP contribution in [0, 0.1) is 19.8 Å². The Labute approximate surface area is 227 Å². The molecule has 206 valence electrons. The van der Waals surface area contributed by atoms with Crippen molar-refractivity contribution in [2.75, 3.05) is 7.11 Å². The molecule has 1 aromatic heterocycles. The number of nitrogens with one attached hydrogen (secondary N) is 2. The zero-order chi connectivity index (χ0) is 28.5. The van der Waals surface area contributed by atoms with Crippen molar-refractivity contribution in [2.45, 2.75) is 45.0 Å². The lowest BCUT2D eigenvalue weighted by Crippen LogP contribution is -2.60. The number of methoxy groups -OCH3 is 1. The number of ether oxygens (including phenoxy) is 1. The summed E-state index contributed by atoms with van der Waals surface area (Å²) >= 11 is 0. The van der Waals surface area contributed by atoms with Gasteiger partial charge in [-0.2, -0.15) is 4.72 Å². The van der Waals surface area contributed by atoms with Gasteiger partial charge in [0.2, 0.25) is 10.0 Å². The van der Waals surface area contributed by atoms with Gasteiger partial charge < -0.3 is 19.6 Å². The van der Waals surface area contributed by atoms with Crippen LogP contribution in [0.1, 0.15) is 47.5 Å². The second-order valence-electron chi connectivity index (χ2n) is 9.93. The third kappa shape index (κ3) is 5.22. The summed E-state index contributed by atoms with van der Waals surface area (Å²) in [6, 6.07) is 11.5. The van der Waals surface area contributed by atoms with Gasteiger partial charge in [0.05, 0.1) is 12.5 Å². The Bertz CT molecular complexity index is 1590. The molecule has 2 atom stereocenters. The number of carboxylic acids is 1. The number of amides is 1. The van der Waals surface area contributed by atoms with Crippen LogP contribution in [0.25, 0.3) is 16.5 Å². The van der Waals surface area contributed by atoms with Gasteiger partial charge in [-0.1, -0.05) is 62.4 Å². The molecule has 0 saturated carbocycles. The number of aliphatic carboxylic acids is 1. The first-order valence-corrected chi connectivity index (χ1v) is 14.0. The normalized spacial score (nSPS) is 18.2. The number of aryl methyl sites for hydroxylation is 2. The van der Waals surface area contributed by atoms with E-state index in [0.717, 1.165) is 16.7 Å². The van der Waals surface area contributed by atoms with Gasteiger partial charge in [0.15, 0.2) is 10.6 Å². The Morgan fingerprint density at radius 2 is 1.79 bits per heavy atom. The third-order valence-electron chi connectivity index (χ3n) is 6.94. The molecule has 1 unspecified atom stereocenters. The summed E-state index contributed by atoms with van der Waals surface area (Å²) in [4.78, 5) is 23.5. The average molecular weight is 553 g/mol. The van der Waals surface area contributed by atoms with Crippen LogP contribution in [-0.4, -0.2) is 43.4 Å². The van der Waals surface area contributed by atoms with E-state index in [1.807, 2.05) is 37.3 Å². The molecule has 1 aliphatic rings. The number of benzene rings is 2. The van der Waals surface area contributed by atoms with E-state index < -0.39 is 38.7 Å². The van der Waals surface area contributed by atoms with Crippen molar-refractivity contribution < 1.29 is 32.3 Å². The maximum atomic E-state index is 13.8. The van der Waals surface area contributed by atoms with Crippen LogP contribution >= 0.6 is 0 Å². The summed E-state index contributed by atoms with van der Waals surface area (Å²) in [5.41, 5.74) is 3.42. The van der Waals surface area contributed by atoms with Crippen molar-refractivity contribution >= 4 is 38.4 Å². The van der Waals surface area contributed by atoms with E-state index >= 15 is 0 Å². The van der Waals surface area contributed by atoms with Crippen molar-refractivity contribution in [2.24, 2.45) is 5.92 Å². The topological polar surface area (TPSA) is 135 Å². The highest BCUT2D eigenvalue weighted by Gasteiger charge is 2.46. The van der Waals surface area contributed by atoms with Crippen LogP contribution in [-0.2, 0) is 14.8 Å². The van der Waals surface area contributed by atoms with Gasteiger partial charge in [-0.15, -0.1) is 0 Å². The molecule has 39 heavy (non-hydrogen) atoms. The molecular formula is C29H32N2O7S. The average Bonchev–Trinajstić information content (AvgIpc) is 3.24. The Balaban J connectivity index is 1.77. The Kier molecular flexibility index (Phi) is 7.72. The minimum atomic E-state index is -4.47. The molecular weight excluding hydrogens is 520 g/mol. The lowest BCUT2D eigenvalue weighted by atomic mass is 9.96. The number of carbonyl (C=O) groups excluding carboxylic acids is 1. The fourth-order valence-corrected chi connectivity index (χ4v) is 6.40. The molecule has 1 heterocycles. The third-order valence-corrected chi connectivity index (χ3v) is 8.87. The zero-order valence-electron chi connectivity index (χ0n) is 22.4. The molecule has 9 nitrogen and oxygen atoms in total. The van der Waals surface area contributed by atoms with Crippen LogP contribution in [0.5, 0.6) is 5.75 Å². The first-order chi connectivity index (χ1) is 18.4. The number of fused-ring (bicyclic) bond motifs is 1. The minimum absolute atomic E-state index is 0.0617. The van der Waals surface area contributed by atoms with E-state index in [-0.39, 0.29) is 12.2 Å². The zero-order valence-corrected chi connectivity index (χ0v) is 23.3. The van der Waals surface area contributed by atoms with E-state index in [4.69, 9.17) is 9.15 Å². The van der Waals surface area contributed by atoms with Crippen molar-refractivity contribution in [3.63, 3.8) is 0 Å². The summed E-state index contributed by atoms with van der Waals surface area (Å²) in [5.74, 6) is -2.11. The second-order valence-corrected chi connectivity index (χ2v) is 11.9. The lowest BCUT2D eigenvalue weighted by molar-refractivity contribution is -0.140. The van der Waals surface area contributed by atoms with E-state index in [2.05, 4.69) is 10.0 Å². The maximum absolute atomic E-state index is 13.8. The Hall–Kier alpha value is -3.89. The maximum Gasteiger partial charge on any atom is 0.321 e. The highest BCUT2D eigenvalue weighted by molar-refractivity contribution is 7.91. The van der Waals surface area contributed by atoms with Gasteiger partial charge in [0, 0.05) is 12.0 Å². The Morgan fingerprint density at radius 1 is 1.10 bits per heavy atom. The van der Waals surface area contributed by atoms with E-state index in [1.165, 1.54) is 13.2 Å². The molecule has 1 aliphatic carbocycles. The SMILES string of the molecule is COc1c(C)ccc2oc(C(=O)NC3(S(=O)(=O)N[C@H](C(=O)O)C(C)C)C=CC(c4ccccc4)=CC3)c(C)c12. The molecule has 1 amide bonds. The first kappa shape index (κ1) is 28.1. The number of hydrogen-bond donors (Lipinski definition) is 3. The summed E-state index contributed by atoms with van der Waals surface area (Å²) in [7, 11) is -2.94. The molecule has 0 fully saturated rings. The van der Waals surface area contributed by atoms with Crippen molar-refractivity contribution in [3.05, 3.63) is 83.1 Å². The molecule has 0 bridgehead atoms. The predicted octanol–water partition coefficient (Wildman–Crippen LogP) is 4.56. The number of furan rings is 1. The highest BCUT2D eigenvalue weighted by atomic mass is 32.2. The first-order valence-electron chi connectivity index (χ1n) is 12.5. The van der Waals surface area contributed by atoms with Gasteiger partial charge in [-0.25, -0.2) is 8.42 Å². The van der Waals surface area contributed by atoms with Crippen molar-refractivity contribution in [1.82, 2.24) is 10.0 Å². The Morgan fingerprint density at radius 3 is 2.36 bits per heavy atom. The molecule has 4 rings (SSSR count). The van der Waals surface area contributed by atoms with Gasteiger partial charge >= 0.3 is 5.97 Å². The van der Waals surface area contributed by atoms with E-state index in [9.17, 15) is 23.1 Å². The smallest absolute Gasteiger partial charge is 0.321 e. The molecule has 3 aromatic rings. The summed E-state index contributed by atoms with van der Waals surface area (Å²) in [5, 5.41) is 12.9. The van der Waals surface area contributed by atoms with Gasteiger partial charge in [0.1, 0.15) is 17.4 Å². The van der Waals surface area contributed by atoms with Gasteiger partial charge in [-0.05, 0) is 48.6 Å². The largest absolute Gasteiger partial charge is 0.496 e. The van der Waals surface area contributed by atoms with Gasteiger partial charge in [0.25, 0.3) is 5.91 Å². The van der Waals surface area contributed by atoms with E-state index in [0.29, 0.717) is 22.3 Å². The minimum Gasteiger partial charge on any atom is -0.496 e. The van der Waals surface area contributed by atoms with Crippen LogP contribution in [0.15, 0.2) is 65.1 Å². The molecule has 0 saturated heterocycles. The van der Waals surface area contributed by atoms with Crippen LogP contribution in [0.3, 0.4) is 0 Å². The summed E-state index contributed by atoms with van der Waals surface area (Å²) in [6.07, 6.45) is 4.57. The van der Waals surface area contributed by atoms with Gasteiger partial charge in [-0.3, -0.25) is 9.59 Å². The molecule has 2 aromatic carbocycles. The predicted molar refractivity (Wildman–Crippen MR) is 149 cm³/mol. The standard InChI is InChI=1S/C29H32N2O7S/c1-17(2)24(28(33)34)31-39(35,36)29(15-13-21(14-16-29)20-9-7-6-8-10-20)30-27(32)26-19(4)23-22(38-26)12-11-18(3)25(23)37-5/h6-15,17,24,31H,16H2,1-5H3,(H,30,32)(H,33,34)/t24-,29?/m0/s1. The number of sulfonamides is 1. The number of carbonyl (C=O) groups is 2. The van der Waals surface area contributed by atoms with Crippen LogP contribution in [0.4, 0.5) is 0 Å². The highest BCUT2D eigenvalue weighted by Crippen LogP contribution is 2.37. The number of hydrogen-bond acceptors (Lipinski definition) is 6. The molecule has 0 radical (unpaired) electrons. The second kappa shape index (κ2) is 10.7. The summed E-state index contributed by atoms with van der Waals surface area (Å²) in [6.45, 7) is 6.77. The van der Waals surface area contributed by atoms with Crippen molar-refractivity contribution in [1.29, 1.82) is 0 Å². The van der Waals surface area contributed by atoms with E-state index in [1.54, 1.807) is 45.1 Å². The molecule has 0 aliphatic heterocycles. The summed E-state index contributed by atoms with van der Waals surface area (Å²) < 4.78 is 41.3. The molecule has 10 heteroatoms. The fraction of sp³-hybridized carbons (Fsp3) is 0.310. The van der Waals surface area contributed by atoms with Crippen molar-refractivity contribution in [3.8, 4) is 5.75 Å². The molecule has 3 N–H and O–H groups in total. The van der Waals surface area contributed by atoms with Crippen LogP contribution < -0.4 is 14.8 Å². The number of allylic oxidation sites excluding steroid dienone is 2. The van der Waals surface area contributed by atoms with Crippen LogP contribution in [0.2, 0.25) is 0 Å². The quantitative estimate of drug-likeness (QED) is 0.354. The molecule has 0 spiro atoms. The lowest BCUT2D eigenvalue weighted by Gasteiger charge is -2.34. The number of carboxylic acid groups (broad SMARTS) is 1. The fourth-order valence-electron chi connectivity index (χ4n) is 4.71. The monoisotopic (exact) mass is 552 g/mol. The number of rotatable bonds is 9.